The van der Waals surface area contributed by atoms with Crippen molar-refractivity contribution in [3.8, 4) is 0 Å². The van der Waals surface area contributed by atoms with E-state index in [1.807, 2.05) is 6.92 Å². The fraction of sp³-hybridized carbons (Fsp3) is 0.462. The van der Waals surface area contributed by atoms with E-state index < -0.39 is 10.0 Å². The molecule has 0 aliphatic carbocycles. The highest BCUT2D eigenvalue weighted by atomic mass is 32.2. The first kappa shape index (κ1) is 17.4. The SMILES string of the molecule is CCNC(=NCCS(N)(=O)=O)NCCc1ccc(F)cc1. The number of hydrogen-bond acceptors (Lipinski definition) is 3. The lowest BCUT2D eigenvalue weighted by atomic mass is 10.1. The number of sulfonamides is 1. The molecule has 0 unspecified atom stereocenters. The van der Waals surface area contributed by atoms with Gasteiger partial charge in [0.15, 0.2) is 5.96 Å². The van der Waals surface area contributed by atoms with Crippen molar-refractivity contribution in [3.05, 3.63) is 35.6 Å². The fourth-order valence-corrected chi connectivity index (χ4v) is 1.95. The molecule has 0 aliphatic rings. The Morgan fingerprint density at radius 2 is 1.95 bits per heavy atom. The van der Waals surface area contributed by atoms with Gasteiger partial charge in [-0.05, 0) is 31.0 Å². The van der Waals surface area contributed by atoms with Gasteiger partial charge >= 0.3 is 0 Å². The van der Waals surface area contributed by atoms with Crippen molar-refractivity contribution in [2.45, 2.75) is 13.3 Å². The van der Waals surface area contributed by atoms with Crippen LogP contribution in [0, 0.1) is 5.82 Å². The number of nitrogens with one attached hydrogen (secondary N) is 2. The van der Waals surface area contributed by atoms with Crippen molar-refractivity contribution in [2.24, 2.45) is 10.1 Å². The summed E-state index contributed by atoms with van der Waals surface area (Å²) < 4.78 is 34.4. The number of primary sulfonamides is 1. The zero-order chi connectivity index (χ0) is 15.7. The zero-order valence-electron chi connectivity index (χ0n) is 12.0. The molecule has 21 heavy (non-hydrogen) atoms. The van der Waals surface area contributed by atoms with Crippen LogP contribution in [-0.4, -0.2) is 39.8 Å². The van der Waals surface area contributed by atoms with Crippen molar-refractivity contribution in [3.63, 3.8) is 0 Å². The Bertz CT molecular complexity index is 558. The third-order valence-electron chi connectivity index (χ3n) is 2.61. The van der Waals surface area contributed by atoms with Gasteiger partial charge in [0, 0.05) is 13.1 Å². The number of halogens is 1. The van der Waals surface area contributed by atoms with Crippen LogP contribution in [0.1, 0.15) is 12.5 Å². The van der Waals surface area contributed by atoms with E-state index in [2.05, 4.69) is 15.6 Å². The second kappa shape index (κ2) is 8.58. The van der Waals surface area contributed by atoms with E-state index in [-0.39, 0.29) is 18.1 Å². The summed E-state index contributed by atoms with van der Waals surface area (Å²) in [6.45, 7) is 3.28. The van der Waals surface area contributed by atoms with Crippen molar-refractivity contribution in [1.82, 2.24) is 10.6 Å². The lowest BCUT2D eigenvalue weighted by Crippen LogP contribution is -2.38. The molecule has 0 saturated heterocycles. The summed E-state index contributed by atoms with van der Waals surface area (Å²) in [6.07, 6.45) is 0.708. The molecule has 0 radical (unpaired) electrons. The number of benzene rings is 1. The van der Waals surface area contributed by atoms with E-state index in [0.717, 1.165) is 5.56 Å². The van der Waals surface area contributed by atoms with Crippen molar-refractivity contribution in [1.29, 1.82) is 0 Å². The first-order valence-corrected chi connectivity index (χ1v) is 8.39. The van der Waals surface area contributed by atoms with Gasteiger partial charge in [0.1, 0.15) is 5.82 Å². The van der Waals surface area contributed by atoms with Crippen LogP contribution in [0.4, 0.5) is 4.39 Å². The summed E-state index contributed by atoms with van der Waals surface area (Å²) in [4.78, 5) is 4.12. The van der Waals surface area contributed by atoms with E-state index in [4.69, 9.17) is 5.14 Å². The van der Waals surface area contributed by atoms with Gasteiger partial charge in [0.2, 0.25) is 10.0 Å². The zero-order valence-corrected chi connectivity index (χ0v) is 12.8. The summed E-state index contributed by atoms with van der Waals surface area (Å²) in [5.74, 6) is 0.0783. The highest BCUT2D eigenvalue weighted by Crippen LogP contribution is 2.02. The quantitative estimate of drug-likeness (QED) is 0.495. The Morgan fingerprint density at radius 3 is 2.52 bits per heavy atom. The Labute approximate surface area is 124 Å². The molecule has 0 amide bonds. The molecule has 0 saturated carbocycles. The average molecular weight is 316 g/mol. The Morgan fingerprint density at radius 1 is 1.29 bits per heavy atom. The third-order valence-corrected chi connectivity index (χ3v) is 3.36. The van der Waals surface area contributed by atoms with Crippen LogP contribution in [-0.2, 0) is 16.4 Å². The van der Waals surface area contributed by atoms with E-state index in [0.29, 0.717) is 25.5 Å². The van der Waals surface area contributed by atoms with Gasteiger partial charge in [-0.1, -0.05) is 12.1 Å². The van der Waals surface area contributed by atoms with Crippen LogP contribution < -0.4 is 15.8 Å². The van der Waals surface area contributed by atoms with Crippen LogP contribution in [0.5, 0.6) is 0 Å². The van der Waals surface area contributed by atoms with Gasteiger partial charge in [0.25, 0.3) is 0 Å². The van der Waals surface area contributed by atoms with Crippen molar-refractivity contribution < 1.29 is 12.8 Å². The molecule has 0 aromatic heterocycles. The van der Waals surface area contributed by atoms with E-state index in [9.17, 15) is 12.8 Å². The predicted octanol–water partition coefficient (Wildman–Crippen LogP) is 0.212. The Hall–Kier alpha value is -1.67. The summed E-state index contributed by atoms with van der Waals surface area (Å²) in [6, 6.07) is 6.28. The smallest absolute Gasteiger partial charge is 0.210 e. The van der Waals surface area contributed by atoms with Gasteiger partial charge < -0.3 is 10.6 Å². The van der Waals surface area contributed by atoms with E-state index in [1.54, 1.807) is 12.1 Å². The van der Waals surface area contributed by atoms with Gasteiger partial charge in [-0.2, -0.15) is 0 Å². The normalized spacial score (nSPS) is 12.2. The molecule has 0 atom stereocenters. The molecule has 0 bridgehead atoms. The monoisotopic (exact) mass is 316 g/mol. The average Bonchev–Trinajstić information content (AvgIpc) is 2.39. The first-order chi connectivity index (χ1) is 9.90. The maximum Gasteiger partial charge on any atom is 0.210 e. The summed E-state index contributed by atoms with van der Waals surface area (Å²) in [7, 11) is -3.50. The number of guanidine groups is 1. The second-order valence-electron chi connectivity index (χ2n) is 4.43. The molecule has 4 N–H and O–H groups in total. The molecule has 8 heteroatoms. The van der Waals surface area contributed by atoms with Crippen LogP contribution in [0.2, 0.25) is 0 Å². The first-order valence-electron chi connectivity index (χ1n) is 6.68. The molecule has 0 fully saturated rings. The molecule has 0 heterocycles. The summed E-state index contributed by atoms with van der Waals surface area (Å²) in [5.41, 5.74) is 1.00. The Kier molecular flexibility index (Phi) is 7.10. The molecular formula is C13H21FN4O2S. The molecule has 0 spiro atoms. The van der Waals surface area contributed by atoms with Gasteiger partial charge in [-0.25, -0.2) is 17.9 Å². The molecule has 0 aliphatic heterocycles. The largest absolute Gasteiger partial charge is 0.357 e. The highest BCUT2D eigenvalue weighted by Gasteiger charge is 2.02. The minimum absolute atomic E-state index is 0.102. The standard InChI is InChI=1S/C13H21FN4O2S/c1-2-16-13(18-9-10-21(15,19)20)17-8-7-11-3-5-12(14)6-4-11/h3-6H,2,7-10H2,1H3,(H2,15,19,20)(H2,16,17,18). The maximum atomic E-state index is 12.8. The maximum absolute atomic E-state index is 12.8. The van der Waals surface area contributed by atoms with Gasteiger partial charge in [-0.3, -0.25) is 4.99 Å². The highest BCUT2D eigenvalue weighted by molar-refractivity contribution is 7.89. The number of nitrogens with two attached hydrogens (primary N) is 1. The van der Waals surface area contributed by atoms with Crippen LogP contribution in [0.25, 0.3) is 0 Å². The van der Waals surface area contributed by atoms with Gasteiger partial charge in [-0.15, -0.1) is 0 Å². The Balaban J connectivity index is 2.43. The van der Waals surface area contributed by atoms with Crippen LogP contribution >= 0.6 is 0 Å². The van der Waals surface area contributed by atoms with E-state index >= 15 is 0 Å². The summed E-state index contributed by atoms with van der Waals surface area (Å²) in [5, 5.41) is 11.0. The van der Waals surface area contributed by atoms with Crippen molar-refractivity contribution >= 4 is 16.0 Å². The molecule has 1 aromatic rings. The number of aliphatic imine (C=N–C) groups is 1. The predicted molar refractivity (Wildman–Crippen MR) is 82.1 cm³/mol. The van der Waals surface area contributed by atoms with Crippen molar-refractivity contribution in [2.75, 3.05) is 25.4 Å². The second-order valence-corrected chi connectivity index (χ2v) is 6.16. The number of rotatable bonds is 7. The minimum Gasteiger partial charge on any atom is -0.357 e. The third kappa shape index (κ3) is 8.26. The molecule has 118 valence electrons. The molecular weight excluding hydrogens is 295 g/mol. The molecule has 6 nitrogen and oxygen atoms in total. The fourth-order valence-electron chi connectivity index (χ4n) is 1.60. The topological polar surface area (TPSA) is 96.6 Å². The van der Waals surface area contributed by atoms with E-state index in [1.165, 1.54) is 12.1 Å². The molecule has 1 rings (SSSR count). The van der Waals surface area contributed by atoms with Crippen LogP contribution in [0.15, 0.2) is 29.3 Å². The van der Waals surface area contributed by atoms with Crippen LogP contribution in [0.3, 0.4) is 0 Å². The molecule has 1 aromatic carbocycles. The summed E-state index contributed by atoms with van der Waals surface area (Å²) >= 11 is 0. The number of nitrogens with zero attached hydrogens (tertiary/aromatic N) is 1. The van der Waals surface area contributed by atoms with Gasteiger partial charge in [0.05, 0.1) is 12.3 Å². The number of hydrogen-bond donors (Lipinski definition) is 3. The minimum atomic E-state index is -3.50. The lowest BCUT2D eigenvalue weighted by Gasteiger charge is -2.11. The lowest BCUT2D eigenvalue weighted by molar-refractivity contribution is 0.597.